The molecule has 0 bridgehead atoms. The van der Waals surface area contributed by atoms with E-state index in [4.69, 9.17) is 15.2 Å². The third kappa shape index (κ3) is 2.30. The smallest absolute Gasteiger partial charge is 0.404 e. The highest BCUT2D eigenvalue weighted by molar-refractivity contribution is 5.65. The fourth-order valence-electron chi connectivity index (χ4n) is 2.23. The average Bonchev–Trinajstić information content (AvgIpc) is 2.16. The minimum Gasteiger partial charge on any atom is -0.443 e. The lowest BCUT2D eigenvalue weighted by Gasteiger charge is -2.49. The maximum atomic E-state index is 10.9. The predicted octanol–water partition coefficient (Wildman–Crippen LogP) is 1.04. The second-order valence-electron chi connectivity index (χ2n) is 5.21. The molecule has 1 fully saturated rings. The Bertz CT molecular complexity index is 261. The van der Waals surface area contributed by atoms with Crippen LogP contribution in [0, 0.1) is 5.41 Å². The molecule has 94 valence electrons. The van der Waals surface area contributed by atoms with E-state index in [-0.39, 0.29) is 12.0 Å². The molecule has 0 aromatic carbocycles. The van der Waals surface area contributed by atoms with Gasteiger partial charge in [0.1, 0.15) is 11.7 Å². The van der Waals surface area contributed by atoms with Gasteiger partial charge in [-0.1, -0.05) is 20.8 Å². The number of rotatable bonds is 2. The molecule has 0 spiro atoms. The van der Waals surface area contributed by atoms with Crippen molar-refractivity contribution in [1.29, 1.82) is 0 Å². The second kappa shape index (κ2) is 4.59. The summed E-state index contributed by atoms with van der Waals surface area (Å²) in [6, 6.07) is 0. The summed E-state index contributed by atoms with van der Waals surface area (Å²) in [5, 5.41) is 9.60. The van der Waals surface area contributed by atoms with Crippen molar-refractivity contribution in [3.8, 4) is 0 Å². The molecule has 3 N–H and O–H groups in total. The number of ether oxygens (including phenoxy) is 2. The van der Waals surface area contributed by atoms with Crippen LogP contribution in [0.25, 0.3) is 0 Å². The number of aliphatic hydroxyl groups excluding tert-OH is 1. The van der Waals surface area contributed by atoms with Gasteiger partial charge in [0.2, 0.25) is 0 Å². The van der Waals surface area contributed by atoms with Gasteiger partial charge < -0.3 is 20.3 Å². The average molecular weight is 231 g/mol. The fourth-order valence-corrected chi connectivity index (χ4v) is 2.23. The van der Waals surface area contributed by atoms with E-state index >= 15 is 0 Å². The summed E-state index contributed by atoms with van der Waals surface area (Å²) >= 11 is 0. The number of carbonyl (C=O) groups excluding carboxylic acids is 1. The van der Waals surface area contributed by atoms with Gasteiger partial charge in [0.25, 0.3) is 0 Å². The number of nitrogens with two attached hydrogens (primary N) is 1. The number of aliphatic hydroxyl groups is 1. The minimum absolute atomic E-state index is 0.186. The SMILES string of the molecule is CC(C)(C)[C@@]1(CO)OCCC[C@@H]1OC(N)=O. The molecule has 16 heavy (non-hydrogen) atoms. The summed E-state index contributed by atoms with van der Waals surface area (Å²) in [5.74, 6) is 0. The first-order valence-corrected chi connectivity index (χ1v) is 5.54. The van der Waals surface area contributed by atoms with Crippen LogP contribution in [0.1, 0.15) is 33.6 Å². The Hall–Kier alpha value is -0.810. The minimum atomic E-state index is -0.861. The molecular weight excluding hydrogens is 210 g/mol. The number of carbonyl (C=O) groups is 1. The Morgan fingerprint density at radius 1 is 1.62 bits per heavy atom. The fraction of sp³-hybridized carbons (Fsp3) is 0.909. The molecule has 1 amide bonds. The van der Waals surface area contributed by atoms with Gasteiger partial charge in [0.05, 0.1) is 6.61 Å². The lowest BCUT2D eigenvalue weighted by Crippen LogP contribution is -2.61. The molecule has 0 aromatic rings. The Morgan fingerprint density at radius 2 is 2.25 bits per heavy atom. The van der Waals surface area contributed by atoms with E-state index in [0.29, 0.717) is 13.0 Å². The standard InChI is InChI=1S/C11H21NO4/c1-10(2,3)11(7-13)8(16-9(12)14)5-4-6-15-11/h8,13H,4-7H2,1-3H3,(H2,12,14)/t8-,11-/m0/s1. The molecule has 1 rings (SSSR count). The van der Waals surface area contributed by atoms with Crippen molar-refractivity contribution in [2.24, 2.45) is 11.1 Å². The van der Waals surface area contributed by atoms with Crippen LogP contribution in [-0.2, 0) is 9.47 Å². The van der Waals surface area contributed by atoms with Gasteiger partial charge in [0.15, 0.2) is 0 Å². The Kier molecular flexibility index (Phi) is 3.80. The van der Waals surface area contributed by atoms with Crippen LogP contribution >= 0.6 is 0 Å². The van der Waals surface area contributed by atoms with E-state index in [0.717, 1.165) is 6.42 Å². The largest absolute Gasteiger partial charge is 0.443 e. The van der Waals surface area contributed by atoms with Crippen molar-refractivity contribution in [1.82, 2.24) is 0 Å². The molecule has 0 aromatic heterocycles. The molecule has 0 aliphatic carbocycles. The highest BCUT2D eigenvalue weighted by Crippen LogP contribution is 2.41. The van der Waals surface area contributed by atoms with E-state index in [9.17, 15) is 9.90 Å². The molecule has 2 atom stereocenters. The highest BCUT2D eigenvalue weighted by Gasteiger charge is 2.52. The predicted molar refractivity (Wildman–Crippen MR) is 58.9 cm³/mol. The van der Waals surface area contributed by atoms with Gasteiger partial charge in [-0.2, -0.15) is 0 Å². The van der Waals surface area contributed by atoms with Gasteiger partial charge >= 0.3 is 6.09 Å². The molecule has 1 aliphatic rings. The Morgan fingerprint density at radius 3 is 2.69 bits per heavy atom. The molecule has 0 saturated carbocycles. The van der Waals surface area contributed by atoms with Gasteiger partial charge in [-0.05, 0) is 18.3 Å². The Balaban J connectivity index is 2.96. The van der Waals surface area contributed by atoms with Crippen LogP contribution in [-0.4, -0.2) is 36.1 Å². The zero-order chi connectivity index (χ0) is 12.4. The van der Waals surface area contributed by atoms with Crippen LogP contribution < -0.4 is 5.73 Å². The monoisotopic (exact) mass is 231 g/mol. The summed E-state index contributed by atoms with van der Waals surface area (Å²) in [5.41, 5.74) is 3.85. The quantitative estimate of drug-likeness (QED) is 0.744. The number of hydrogen-bond acceptors (Lipinski definition) is 4. The lowest BCUT2D eigenvalue weighted by atomic mass is 9.71. The topological polar surface area (TPSA) is 81.8 Å². The Labute approximate surface area is 95.9 Å². The lowest BCUT2D eigenvalue weighted by molar-refractivity contribution is -0.221. The van der Waals surface area contributed by atoms with Crippen LogP contribution in [0.15, 0.2) is 0 Å². The van der Waals surface area contributed by atoms with Crippen molar-refractivity contribution >= 4 is 6.09 Å². The van der Waals surface area contributed by atoms with Crippen molar-refractivity contribution in [2.45, 2.75) is 45.3 Å². The first kappa shape index (κ1) is 13.3. The number of hydrogen-bond donors (Lipinski definition) is 2. The number of amides is 1. The van der Waals surface area contributed by atoms with E-state index in [1.807, 2.05) is 20.8 Å². The van der Waals surface area contributed by atoms with Gasteiger partial charge in [-0.25, -0.2) is 4.79 Å². The summed E-state index contributed by atoms with van der Waals surface area (Å²) in [4.78, 5) is 10.9. The number of primary amides is 1. The van der Waals surface area contributed by atoms with E-state index in [1.165, 1.54) is 0 Å². The molecule has 1 heterocycles. The molecule has 0 radical (unpaired) electrons. The van der Waals surface area contributed by atoms with Gasteiger partial charge in [-0.3, -0.25) is 0 Å². The van der Waals surface area contributed by atoms with Gasteiger partial charge in [0, 0.05) is 6.61 Å². The maximum Gasteiger partial charge on any atom is 0.404 e. The van der Waals surface area contributed by atoms with Crippen LogP contribution in [0.5, 0.6) is 0 Å². The van der Waals surface area contributed by atoms with Crippen molar-refractivity contribution in [2.75, 3.05) is 13.2 Å². The molecule has 5 heteroatoms. The van der Waals surface area contributed by atoms with E-state index < -0.39 is 17.8 Å². The van der Waals surface area contributed by atoms with Gasteiger partial charge in [-0.15, -0.1) is 0 Å². The third-order valence-electron chi connectivity index (χ3n) is 3.25. The molecule has 1 saturated heterocycles. The van der Waals surface area contributed by atoms with Crippen LogP contribution in [0.3, 0.4) is 0 Å². The first-order valence-electron chi connectivity index (χ1n) is 5.54. The third-order valence-corrected chi connectivity index (χ3v) is 3.25. The van der Waals surface area contributed by atoms with E-state index in [1.54, 1.807) is 0 Å². The summed E-state index contributed by atoms with van der Waals surface area (Å²) < 4.78 is 10.8. The summed E-state index contributed by atoms with van der Waals surface area (Å²) in [6.45, 7) is 6.23. The van der Waals surface area contributed by atoms with Crippen LogP contribution in [0.2, 0.25) is 0 Å². The van der Waals surface area contributed by atoms with E-state index in [2.05, 4.69) is 0 Å². The molecule has 0 unspecified atom stereocenters. The van der Waals surface area contributed by atoms with Crippen molar-refractivity contribution < 1.29 is 19.4 Å². The first-order chi connectivity index (χ1) is 7.33. The molecule has 1 aliphatic heterocycles. The zero-order valence-corrected chi connectivity index (χ0v) is 10.2. The molecular formula is C11H21NO4. The summed E-state index contributed by atoms with van der Waals surface area (Å²) in [6.07, 6.45) is 0.164. The van der Waals surface area contributed by atoms with Crippen LogP contribution in [0.4, 0.5) is 4.79 Å². The zero-order valence-electron chi connectivity index (χ0n) is 10.2. The van der Waals surface area contributed by atoms with Crippen molar-refractivity contribution in [3.05, 3.63) is 0 Å². The molecule has 5 nitrogen and oxygen atoms in total. The normalized spacial score (nSPS) is 31.1. The maximum absolute atomic E-state index is 10.9. The second-order valence-corrected chi connectivity index (χ2v) is 5.21. The summed E-state index contributed by atoms with van der Waals surface area (Å²) in [7, 11) is 0. The van der Waals surface area contributed by atoms with Crippen molar-refractivity contribution in [3.63, 3.8) is 0 Å². The highest BCUT2D eigenvalue weighted by atomic mass is 16.6.